The lowest BCUT2D eigenvalue weighted by Gasteiger charge is -2.03. The number of rotatable bonds is 3. The van der Waals surface area contributed by atoms with E-state index in [2.05, 4.69) is 15.9 Å². The SMILES string of the molecule is Cc1cc(Br)c(CC(=O)O)cc1[N+](=O)[O-]. The van der Waals surface area contributed by atoms with Crippen molar-refractivity contribution < 1.29 is 14.8 Å². The number of carbonyl (C=O) groups is 1. The predicted octanol–water partition coefficient (Wildman–Crippen LogP) is 2.29. The summed E-state index contributed by atoms with van der Waals surface area (Å²) in [5.74, 6) is -1.02. The first-order chi connectivity index (χ1) is 6.91. The molecule has 1 rings (SSSR count). The van der Waals surface area contributed by atoms with E-state index in [0.717, 1.165) is 0 Å². The normalized spacial score (nSPS) is 10.0. The number of hydrogen-bond donors (Lipinski definition) is 1. The highest BCUT2D eigenvalue weighted by atomic mass is 79.9. The van der Waals surface area contributed by atoms with Crippen LogP contribution in [0.25, 0.3) is 0 Å². The van der Waals surface area contributed by atoms with Crippen LogP contribution in [0.3, 0.4) is 0 Å². The molecular formula is C9H8BrNO4. The second-order valence-electron chi connectivity index (χ2n) is 3.06. The Labute approximate surface area is 94.0 Å². The summed E-state index contributed by atoms with van der Waals surface area (Å²) in [5, 5.41) is 19.2. The van der Waals surface area contributed by atoms with Crippen molar-refractivity contribution in [1.29, 1.82) is 0 Å². The number of halogens is 1. The number of nitro benzene ring substituents is 1. The van der Waals surface area contributed by atoms with Crippen molar-refractivity contribution in [2.45, 2.75) is 13.3 Å². The molecule has 1 N–H and O–H groups in total. The lowest BCUT2D eigenvalue weighted by atomic mass is 10.1. The zero-order chi connectivity index (χ0) is 11.6. The molecular weight excluding hydrogens is 266 g/mol. The average molecular weight is 274 g/mol. The van der Waals surface area contributed by atoms with Crippen molar-refractivity contribution in [3.05, 3.63) is 37.8 Å². The third-order valence-corrected chi connectivity index (χ3v) is 2.64. The fourth-order valence-corrected chi connectivity index (χ4v) is 1.80. The van der Waals surface area contributed by atoms with Gasteiger partial charge in [-0.1, -0.05) is 15.9 Å². The molecule has 1 aromatic rings. The third-order valence-electron chi connectivity index (χ3n) is 1.90. The maximum Gasteiger partial charge on any atom is 0.307 e. The zero-order valence-corrected chi connectivity index (χ0v) is 9.44. The molecule has 15 heavy (non-hydrogen) atoms. The molecule has 0 amide bonds. The van der Waals surface area contributed by atoms with Gasteiger partial charge in [0.25, 0.3) is 5.69 Å². The van der Waals surface area contributed by atoms with Crippen molar-refractivity contribution in [2.24, 2.45) is 0 Å². The molecule has 1 aromatic carbocycles. The van der Waals surface area contributed by atoms with Gasteiger partial charge < -0.3 is 5.11 Å². The first kappa shape index (κ1) is 11.6. The molecule has 0 aromatic heterocycles. The van der Waals surface area contributed by atoms with Crippen LogP contribution in [-0.4, -0.2) is 16.0 Å². The summed E-state index contributed by atoms with van der Waals surface area (Å²) >= 11 is 3.17. The molecule has 0 atom stereocenters. The minimum atomic E-state index is -1.02. The van der Waals surface area contributed by atoms with Crippen molar-refractivity contribution in [3.63, 3.8) is 0 Å². The number of aryl methyl sites for hydroxylation is 1. The zero-order valence-electron chi connectivity index (χ0n) is 7.86. The van der Waals surface area contributed by atoms with E-state index in [4.69, 9.17) is 5.11 Å². The number of nitro groups is 1. The summed E-state index contributed by atoms with van der Waals surface area (Å²) in [6, 6.07) is 2.84. The van der Waals surface area contributed by atoms with Gasteiger partial charge in [-0.3, -0.25) is 14.9 Å². The van der Waals surface area contributed by atoms with Crippen LogP contribution >= 0.6 is 15.9 Å². The summed E-state index contributed by atoms with van der Waals surface area (Å²) in [6.45, 7) is 1.60. The van der Waals surface area contributed by atoms with Gasteiger partial charge in [0.05, 0.1) is 11.3 Å². The van der Waals surface area contributed by atoms with E-state index < -0.39 is 10.9 Å². The molecule has 0 aliphatic heterocycles. The summed E-state index contributed by atoms with van der Waals surface area (Å²) < 4.78 is 0.577. The Kier molecular flexibility index (Phi) is 3.41. The first-order valence-corrected chi connectivity index (χ1v) is 4.86. The number of hydrogen-bond acceptors (Lipinski definition) is 3. The topological polar surface area (TPSA) is 80.4 Å². The Bertz CT molecular complexity index is 430. The lowest BCUT2D eigenvalue weighted by molar-refractivity contribution is -0.385. The molecule has 0 spiro atoms. The molecule has 0 bridgehead atoms. The fourth-order valence-electron chi connectivity index (χ4n) is 1.20. The van der Waals surface area contributed by atoms with E-state index in [0.29, 0.717) is 15.6 Å². The molecule has 0 aliphatic rings. The largest absolute Gasteiger partial charge is 0.481 e. The van der Waals surface area contributed by atoms with Crippen LogP contribution in [0.4, 0.5) is 5.69 Å². The maximum atomic E-state index is 10.6. The summed E-state index contributed by atoms with van der Waals surface area (Å²) in [4.78, 5) is 20.6. The molecule has 80 valence electrons. The van der Waals surface area contributed by atoms with Crippen LogP contribution < -0.4 is 0 Å². The van der Waals surface area contributed by atoms with E-state index in [1.54, 1.807) is 13.0 Å². The Morgan fingerprint density at radius 3 is 2.67 bits per heavy atom. The molecule has 0 saturated heterocycles. The average Bonchev–Trinajstić information content (AvgIpc) is 2.08. The number of carboxylic acid groups (broad SMARTS) is 1. The van der Waals surface area contributed by atoms with E-state index in [1.807, 2.05) is 0 Å². The molecule has 0 unspecified atom stereocenters. The number of nitrogens with zero attached hydrogens (tertiary/aromatic N) is 1. The van der Waals surface area contributed by atoms with Gasteiger partial charge in [-0.2, -0.15) is 0 Å². The second-order valence-corrected chi connectivity index (χ2v) is 3.91. The van der Waals surface area contributed by atoms with Gasteiger partial charge in [-0.25, -0.2) is 0 Å². The smallest absolute Gasteiger partial charge is 0.307 e. The quantitative estimate of drug-likeness (QED) is 0.677. The van der Waals surface area contributed by atoms with Crippen LogP contribution in [0.15, 0.2) is 16.6 Å². The van der Waals surface area contributed by atoms with Crippen molar-refractivity contribution in [2.75, 3.05) is 0 Å². The molecule has 0 heterocycles. The number of carboxylic acids is 1. The number of aliphatic carboxylic acids is 1. The van der Waals surface area contributed by atoms with Crippen molar-refractivity contribution >= 4 is 27.6 Å². The maximum absolute atomic E-state index is 10.6. The van der Waals surface area contributed by atoms with Gasteiger partial charge in [0.15, 0.2) is 0 Å². The van der Waals surface area contributed by atoms with Crippen LogP contribution in [-0.2, 0) is 11.2 Å². The monoisotopic (exact) mass is 273 g/mol. The molecule has 0 aliphatic carbocycles. The Morgan fingerprint density at radius 2 is 2.20 bits per heavy atom. The molecule has 0 radical (unpaired) electrons. The van der Waals surface area contributed by atoms with Gasteiger partial charge in [0, 0.05) is 16.1 Å². The van der Waals surface area contributed by atoms with E-state index in [9.17, 15) is 14.9 Å². The highest BCUT2D eigenvalue weighted by Gasteiger charge is 2.15. The fraction of sp³-hybridized carbons (Fsp3) is 0.222. The summed E-state index contributed by atoms with van der Waals surface area (Å²) in [7, 11) is 0. The Morgan fingerprint density at radius 1 is 1.60 bits per heavy atom. The van der Waals surface area contributed by atoms with Crippen LogP contribution in [0, 0.1) is 17.0 Å². The van der Waals surface area contributed by atoms with Gasteiger partial charge in [0.1, 0.15) is 0 Å². The predicted molar refractivity (Wildman–Crippen MR) is 56.9 cm³/mol. The Balaban J connectivity index is 3.23. The minimum Gasteiger partial charge on any atom is -0.481 e. The lowest BCUT2D eigenvalue weighted by Crippen LogP contribution is -2.02. The van der Waals surface area contributed by atoms with E-state index in [-0.39, 0.29) is 12.1 Å². The first-order valence-electron chi connectivity index (χ1n) is 4.07. The van der Waals surface area contributed by atoms with E-state index in [1.165, 1.54) is 6.07 Å². The van der Waals surface area contributed by atoms with Gasteiger partial charge in [-0.15, -0.1) is 0 Å². The standard InChI is InChI=1S/C9H8BrNO4/c1-5-2-7(10)6(4-9(12)13)3-8(5)11(14)15/h2-3H,4H2,1H3,(H,12,13). The van der Waals surface area contributed by atoms with Crippen LogP contribution in [0.2, 0.25) is 0 Å². The molecule has 0 saturated carbocycles. The highest BCUT2D eigenvalue weighted by molar-refractivity contribution is 9.10. The third kappa shape index (κ3) is 2.76. The molecule has 6 heteroatoms. The van der Waals surface area contributed by atoms with Crippen LogP contribution in [0.1, 0.15) is 11.1 Å². The number of benzene rings is 1. The van der Waals surface area contributed by atoms with Gasteiger partial charge in [0.2, 0.25) is 0 Å². The Hall–Kier alpha value is -1.43. The van der Waals surface area contributed by atoms with Gasteiger partial charge in [-0.05, 0) is 18.6 Å². The molecule has 5 nitrogen and oxygen atoms in total. The van der Waals surface area contributed by atoms with E-state index >= 15 is 0 Å². The summed E-state index contributed by atoms with van der Waals surface area (Å²) in [5.41, 5.74) is 0.843. The van der Waals surface area contributed by atoms with Gasteiger partial charge >= 0.3 is 5.97 Å². The highest BCUT2D eigenvalue weighted by Crippen LogP contribution is 2.27. The van der Waals surface area contributed by atoms with Crippen molar-refractivity contribution in [1.82, 2.24) is 0 Å². The minimum absolute atomic E-state index is 0.0607. The molecule has 0 fully saturated rings. The summed E-state index contributed by atoms with van der Waals surface area (Å²) in [6.07, 6.45) is -0.234. The van der Waals surface area contributed by atoms with Crippen molar-refractivity contribution in [3.8, 4) is 0 Å². The second kappa shape index (κ2) is 4.39. The van der Waals surface area contributed by atoms with Crippen LogP contribution in [0.5, 0.6) is 0 Å².